The molecule has 0 bridgehead atoms. The van der Waals surface area contributed by atoms with E-state index in [-0.39, 0.29) is 36.2 Å². The van der Waals surface area contributed by atoms with Crippen molar-refractivity contribution in [2.75, 3.05) is 41.0 Å². The van der Waals surface area contributed by atoms with Crippen LogP contribution in [0.2, 0.25) is 0 Å². The van der Waals surface area contributed by atoms with Gasteiger partial charge in [0.1, 0.15) is 6.61 Å². The van der Waals surface area contributed by atoms with Crippen LogP contribution in [-0.4, -0.2) is 80.6 Å². The van der Waals surface area contributed by atoms with Gasteiger partial charge in [0.25, 0.3) is 0 Å². The van der Waals surface area contributed by atoms with Crippen molar-refractivity contribution in [2.24, 2.45) is 0 Å². The number of likely N-dealkylation sites (N-methyl/N-ethyl adjacent to an activating group) is 1. The van der Waals surface area contributed by atoms with Crippen LogP contribution in [0.15, 0.2) is 72.9 Å². The Morgan fingerprint density at radius 2 is 1.00 bits per heavy atom. The van der Waals surface area contributed by atoms with Gasteiger partial charge in [-0.2, -0.15) is 0 Å². The highest BCUT2D eigenvalue weighted by atomic mass is 16.6. The summed E-state index contributed by atoms with van der Waals surface area (Å²) in [6.07, 6.45) is 48.0. The van der Waals surface area contributed by atoms with Crippen LogP contribution in [0.5, 0.6) is 0 Å². The van der Waals surface area contributed by atoms with Gasteiger partial charge in [-0.15, -0.1) is 0 Å². The summed E-state index contributed by atoms with van der Waals surface area (Å²) in [6, 6.07) is -0.621. The van der Waals surface area contributed by atoms with E-state index in [1.54, 1.807) is 0 Å². The van der Waals surface area contributed by atoms with E-state index < -0.39 is 18.1 Å². The van der Waals surface area contributed by atoms with Gasteiger partial charge in [-0.3, -0.25) is 9.59 Å². The molecular formula is C48H82NO7+. The molecule has 8 heteroatoms. The molecule has 0 rings (SSSR count). The van der Waals surface area contributed by atoms with E-state index in [2.05, 4.69) is 86.8 Å². The number of carbonyl (C=O) groups is 3. The minimum Gasteiger partial charge on any atom is -0.477 e. The molecule has 0 aromatic rings. The van der Waals surface area contributed by atoms with E-state index >= 15 is 0 Å². The summed E-state index contributed by atoms with van der Waals surface area (Å²) in [5.74, 6) is -1.52. The Labute approximate surface area is 342 Å². The lowest BCUT2D eigenvalue weighted by molar-refractivity contribution is -0.887. The van der Waals surface area contributed by atoms with E-state index in [1.165, 1.54) is 44.9 Å². The largest absolute Gasteiger partial charge is 0.477 e. The molecule has 0 spiro atoms. The van der Waals surface area contributed by atoms with Crippen LogP contribution in [0, 0.1) is 0 Å². The van der Waals surface area contributed by atoms with Crippen LogP contribution < -0.4 is 0 Å². The maximum absolute atomic E-state index is 12.7. The first kappa shape index (κ1) is 52.8. The normalized spacial score (nSPS) is 13.7. The molecule has 1 N–H and O–H groups in total. The molecule has 0 radical (unpaired) electrons. The summed E-state index contributed by atoms with van der Waals surface area (Å²) in [5, 5.41) is 9.60. The minimum absolute atomic E-state index is 0.0481. The molecule has 0 aliphatic rings. The molecule has 0 fully saturated rings. The molecule has 0 aliphatic heterocycles. The number of aliphatic carboxylic acids is 1. The summed E-state index contributed by atoms with van der Waals surface area (Å²) in [6.45, 7) is 4.56. The first-order valence-corrected chi connectivity index (χ1v) is 22.0. The zero-order chi connectivity index (χ0) is 41.4. The summed E-state index contributed by atoms with van der Waals surface area (Å²) >= 11 is 0. The van der Waals surface area contributed by atoms with Crippen LogP contribution >= 0.6 is 0 Å². The van der Waals surface area contributed by atoms with Crippen molar-refractivity contribution < 1.29 is 38.2 Å². The number of rotatable bonds is 38. The van der Waals surface area contributed by atoms with Crippen molar-refractivity contribution in [2.45, 2.75) is 174 Å². The van der Waals surface area contributed by atoms with E-state index in [9.17, 15) is 19.5 Å². The number of ether oxygens (including phenoxy) is 3. The fourth-order valence-corrected chi connectivity index (χ4v) is 5.98. The highest BCUT2D eigenvalue weighted by Crippen LogP contribution is 2.13. The monoisotopic (exact) mass is 785 g/mol. The summed E-state index contributed by atoms with van der Waals surface area (Å²) in [5.41, 5.74) is 0. The number of carboxylic acids is 1. The fraction of sp³-hybridized carbons (Fsp3) is 0.688. The van der Waals surface area contributed by atoms with Gasteiger partial charge in [0.05, 0.1) is 34.4 Å². The molecule has 8 nitrogen and oxygen atoms in total. The second-order valence-electron chi connectivity index (χ2n) is 15.6. The van der Waals surface area contributed by atoms with Gasteiger partial charge in [0.2, 0.25) is 0 Å². The fourth-order valence-electron chi connectivity index (χ4n) is 5.98. The molecular weight excluding hydrogens is 703 g/mol. The number of allylic oxidation sites excluding steroid dienone is 12. The van der Waals surface area contributed by atoms with Crippen LogP contribution in [0.25, 0.3) is 0 Å². The highest BCUT2D eigenvalue weighted by Gasteiger charge is 2.31. The first-order valence-electron chi connectivity index (χ1n) is 22.0. The quantitative estimate of drug-likeness (QED) is 0.0288. The zero-order valence-electron chi connectivity index (χ0n) is 36.3. The molecule has 0 amide bonds. The predicted molar refractivity (Wildman–Crippen MR) is 233 cm³/mol. The van der Waals surface area contributed by atoms with Gasteiger partial charge >= 0.3 is 17.9 Å². The lowest BCUT2D eigenvalue weighted by Gasteiger charge is -2.31. The third-order valence-corrected chi connectivity index (χ3v) is 9.37. The van der Waals surface area contributed by atoms with Crippen molar-refractivity contribution in [3.8, 4) is 0 Å². The van der Waals surface area contributed by atoms with E-state index in [0.29, 0.717) is 19.3 Å². The molecule has 56 heavy (non-hydrogen) atoms. The van der Waals surface area contributed by atoms with Gasteiger partial charge in [-0.05, 0) is 64.2 Å². The minimum atomic E-state index is -0.883. The van der Waals surface area contributed by atoms with E-state index in [4.69, 9.17) is 14.2 Å². The SMILES string of the molecule is CC/C=C/C/C=C/C/C=C/C/C=C/C/C=C/C/C=C/CCCCCC(=O)OCC(COCCC(C(=O)O)[N+](C)(C)C)OC(=O)CCCCCCCCCCCC. The summed E-state index contributed by atoms with van der Waals surface area (Å²) < 4.78 is 17.2. The zero-order valence-corrected chi connectivity index (χ0v) is 36.3. The smallest absolute Gasteiger partial charge is 0.362 e. The molecule has 0 heterocycles. The Bertz CT molecular complexity index is 1140. The van der Waals surface area contributed by atoms with Crippen molar-refractivity contribution in [3.05, 3.63) is 72.9 Å². The van der Waals surface area contributed by atoms with Crippen LogP contribution in [0.4, 0.5) is 0 Å². The maximum Gasteiger partial charge on any atom is 0.362 e. The number of quaternary nitrogens is 1. The van der Waals surface area contributed by atoms with Gasteiger partial charge in [-0.25, -0.2) is 4.79 Å². The van der Waals surface area contributed by atoms with Gasteiger partial charge in [0, 0.05) is 19.3 Å². The molecule has 0 aromatic carbocycles. The topological polar surface area (TPSA) is 99.1 Å². The van der Waals surface area contributed by atoms with Crippen molar-refractivity contribution >= 4 is 17.9 Å². The lowest BCUT2D eigenvalue weighted by Crippen LogP contribution is -2.50. The van der Waals surface area contributed by atoms with Gasteiger partial charge in [-0.1, -0.05) is 151 Å². The molecule has 2 unspecified atom stereocenters. The number of hydrogen-bond acceptors (Lipinski definition) is 6. The van der Waals surface area contributed by atoms with Crippen molar-refractivity contribution in [1.29, 1.82) is 0 Å². The third kappa shape index (κ3) is 36.4. The third-order valence-electron chi connectivity index (χ3n) is 9.37. The Kier molecular flexibility index (Phi) is 36.4. The maximum atomic E-state index is 12.7. The second kappa shape index (κ2) is 38.6. The van der Waals surface area contributed by atoms with Crippen LogP contribution in [0.1, 0.15) is 162 Å². The van der Waals surface area contributed by atoms with E-state index in [0.717, 1.165) is 83.5 Å². The Morgan fingerprint density at radius 3 is 1.48 bits per heavy atom. The molecule has 0 aromatic heterocycles. The second-order valence-corrected chi connectivity index (χ2v) is 15.6. The molecule has 2 atom stereocenters. The number of nitrogens with zero attached hydrogens (tertiary/aromatic N) is 1. The summed E-state index contributed by atoms with van der Waals surface area (Å²) in [4.78, 5) is 36.9. The number of hydrogen-bond donors (Lipinski definition) is 1. The van der Waals surface area contributed by atoms with Crippen molar-refractivity contribution in [3.63, 3.8) is 0 Å². The highest BCUT2D eigenvalue weighted by molar-refractivity contribution is 5.72. The Morgan fingerprint density at radius 1 is 0.554 bits per heavy atom. The average molecular weight is 785 g/mol. The average Bonchev–Trinajstić information content (AvgIpc) is 3.15. The molecule has 0 saturated heterocycles. The van der Waals surface area contributed by atoms with Gasteiger partial charge < -0.3 is 23.8 Å². The first-order chi connectivity index (χ1) is 27.1. The number of carbonyl (C=O) groups excluding carboxylic acids is 2. The number of esters is 2. The summed E-state index contributed by atoms with van der Waals surface area (Å²) in [7, 11) is 5.51. The predicted octanol–water partition coefficient (Wildman–Crippen LogP) is 12.0. The van der Waals surface area contributed by atoms with Crippen LogP contribution in [-0.2, 0) is 28.6 Å². The van der Waals surface area contributed by atoms with Gasteiger partial charge in [0.15, 0.2) is 12.1 Å². The lowest BCUT2D eigenvalue weighted by atomic mass is 10.1. The van der Waals surface area contributed by atoms with Crippen molar-refractivity contribution in [1.82, 2.24) is 0 Å². The Balaban J connectivity index is 4.35. The molecule has 0 saturated carbocycles. The molecule has 0 aliphatic carbocycles. The number of carboxylic acid groups (broad SMARTS) is 1. The van der Waals surface area contributed by atoms with Crippen LogP contribution in [0.3, 0.4) is 0 Å². The standard InChI is InChI=1S/C48H81NO7/c1-6-8-10-12-14-16-18-19-20-21-22-23-24-25-26-27-28-29-31-32-34-36-38-46(50)55-43-44(42-54-41-40-45(48(52)53)49(3,4)5)56-47(51)39-37-35-33-30-17-15-13-11-9-7-2/h8,10,14,16,19-20,22-23,25-26,28-29,44-45H,6-7,9,11-13,15,17-18,21,24,27,30-43H2,1-5H3/p+1/b10-8+,16-14+,20-19+,23-22+,26-25+,29-28+. The number of unbranched alkanes of at least 4 members (excludes halogenated alkanes) is 12. The molecule has 320 valence electrons. The van der Waals surface area contributed by atoms with E-state index in [1.807, 2.05) is 21.1 Å². The Hall–Kier alpha value is -3.23.